The molecule has 2 N–H and O–H groups in total. The molecule has 0 aliphatic carbocycles. The minimum atomic E-state index is -0.598. The van der Waals surface area contributed by atoms with E-state index in [2.05, 4.69) is 5.32 Å². The monoisotopic (exact) mass is 422 g/mol. The van der Waals surface area contributed by atoms with Gasteiger partial charge in [-0.25, -0.2) is 0 Å². The van der Waals surface area contributed by atoms with Gasteiger partial charge in [0.1, 0.15) is 0 Å². The van der Waals surface area contributed by atoms with Crippen molar-refractivity contribution in [1.82, 2.24) is 10.2 Å². The molecule has 1 heterocycles. The minimum absolute atomic E-state index is 0.0379. The number of nitrogens with one attached hydrogen (secondary N) is 1. The van der Waals surface area contributed by atoms with Crippen LogP contribution in [-0.4, -0.2) is 73.5 Å². The number of amides is 2. The van der Waals surface area contributed by atoms with Gasteiger partial charge in [-0.3, -0.25) is 9.59 Å². The highest BCUT2D eigenvalue weighted by Gasteiger charge is 2.21. The fraction of sp³-hybridized carbons (Fsp3) is 0.636. The third kappa shape index (κ3) is 7.50. The third-order valence-corrected chi connectivity index (χ3v) is 4.82. The Morgan fingerprint density at radius 3 is 2.53 bits per heavy atom. The maximum absolute atomic E-state index is 12.5. The van der Waals surface area contributed by atoms with E-state index in [0.29, 0.717) is 30.2 Å². The zero-order valence-corrected chi connectivity index (χ0v) is 18.2. The Balaban J connectivity index is 1.97. The normalized spacial score (nSPS) is 14.3. The lowest BCUT2D eigenvalue weighted by molar-refractivity contribution is -0.134. The van der Waals surface area contributed by atoms with Gasteiger partial charge < -0.3 is 29.5 Å². The van der Waals surface area contributed by atoms with Gasteiger partial charge in [-0.15, -0.1) is 0 Å². The number of nitrogens with zero attached hydrogens (tertiary/aromatic N) is 1. The molecular weight excluding hydrogens is 388 g/mol. The number of aliphatic hydroxyl groups is 1. The summed E-state index contributed by atoms with van der Waals surface area (Å²) in [5.41, 5.74) is -0.176. The highest BCUT2D eigenvalue weighted by molar-refractivity contribution is 5.95. The molecule has 0 spiro atoms. The summed E-state index contributed by atoms with van der Waals surface area (Å²) in [6.45, 7) is 7.85. The Morgan fingerprint density at radius 2 is 1.87 bits per heavy atom. The Hall–Kier alpha value is -2.32. The van der Waals surface area contributed by atoms with Gasteiger partial charge in [-0.2, -0.15) is 0 Å². The van der Waals surface area contributed by atoms with Gasteiger partial charge >= 0.3 is 0 Å². The quantitative estimate of drug-likeness (QED) is 0.566. The van der Waals surface area contributed by atoms with Crippen LogP contribution in [0.15, 0.2) is 18.2 Å². The van der Waals surface area contributed by atoms with Crippen LogP contribution in [0.25, 0.3) is 0 Å². The standard InChI is InChI=1S/C22H34N2O6/c1-4-28-19-14-17(21(27)23-16-22(2,3)30-13-12-25)8-9-18(19)29-15-20(26)24-10-6-5-7-11-24/h8-9,14,25H,4-7,10-13,15-16H2,1-3H3,(H,23,27). The maximum Gasteiger partial charge on any atom is 0.260 e. The molecule has 0 atom stereocenters. The van der Waals surface area contributed by atoms with E-state index in [1.165, 1.54) is 0 Å². The van der Waals surface area contributed by atoms with Crippen molar-refractivity contribution in [3.05, 3.63) is 23.8 Å². The number of rotatable bonds is 11. The van der Waals surface area contributed by atoms with Crippen LogP contribution in [0.4, 0.5) is 0 Å². The van der Waals surface area contributed by atoms with Crippen LogP contribution in [0.1, 0.15) is 50.4 Å². The second-order valence-corrected chi connectivity index (χ2v) is 7.84. The van der Waals surface area contributed by atoms with Gasteiger partial charge in [0, 0.05) is 25.2 Å². The molecule has 0 aromatic heterocycles. The van der Waals surface area contributed by atoms with Crippen LogP contribution in [0, 0.1) is 0 Å². The van der Waals surface area contributed by atoms with E-state index in [4.69, 9.17) is 19.3 Å². The molecule has 1 aliphatic rings. The second kappa shape index (κ2) is 11.8. The van der Waals surface area contributed by atoms with Gasteiger partial charge in [0.2, 0.25) is 0 Å². The fourth-order valence-corrected chi connectivity index (χ4v) is 3.18. The van der Waals surface area contributed by atoms with E-state index in [1.54, 1.807) is 18.2 Å². The van der Waals surface area contributed by atoms with E-state index < -0.39 is 5.60 Å². The summed E-state index contributed by atoms with van der Waals surface area (Å²) in [5.74, 6) is 0.550. The molecule has 1 aromatic carbocycles. The molecule has 30 heavy (non-hydrogen) atoms. The van der Waals surface area contributed by atoms with Gasteiger partial charge in [-0.1, -0.05) is 0 Å². The zero-order valence-electron chi connectivity index (χ0n) is 18.2. The molecule has 0 unspecified atom stereocenters. The Kier molecular flexibility index (Phi) is 9.39. The highest BCUT2D eigenvalue weighted by Crippen LogP contribution is 2.29. The molecule has 1 aromatic rings. The molecule has 2 amide bonds. The summed E-state index contributed by atoms with van der Waals surface area (Å²) >= 11 is 0. The first kappa shape index (κ1) is 24.0. The van der Waals surface area contributed by atoms with E-state index >= 15 is 0 Å². The van der Waals surface area contributed by atoms with Crippen LogP contribution in [-0.2, 0) is 9.53 Å². The smallest absolute Gasteiger partial charge is 0.260 e. The topological polar surface area (TPSA) is 97.3 Å². The SMILES string of the molecule is CCOc1cc(C(=O)NCC(C)(C)OCCO)ccc1OCC(=O)N1CCCCC1. The van der Waals surface area contributed by atoms with Crippen molar-refractivity contribution >= 4 is 11.8 Å². The van der Waals surface area contributed by atoms with Crippen LogP contribution >= 0.6 is 0 Å². The summed E-state index contributed by atoms with van der Waals surface area (Å²) in [6.07, 6.45) is 3.22. The first-order chi connectivity index (χ1) is 14.4. The number of hydrogen-bond acceptors (Lipinski definition) is 6. The van der Waals surface area contributed by atoms with E-state index in [9.17, 15) is 9.59 Å². The number of piperidine rings is 1. The molecular formula is C22H34N2O6. The van der Waals surface area contributed by atoms with Crippen molar-refractivity contribution < 1.29 is 28.9 Å². The molecule has 168 valence electrons. The first-order valence-corrected chi connectivity index (χ1v) is 10.6. The third-order valence-electron chi connectivity index (χ3n) is 4.82. The average molecular weight is 423 g/mol. The lowest BCUT2D eigenvalue weighted by Gasteiger charge is -2.26. The van der Waals surface area contributed by atoms with Gasteiger partial charge in [0.15, 0.2) is 18.1 Å². The van der Waals surface area contributed by atoms with Crippen molar-refractivity contribution in [3.63, 3.8) is 0 Å². The van der Waals surface area contributed by atoms with Crippen LogP contribution in [0.3, 0.4) is 0 Å². The first-order valence-electron chi connectivity index (χ1n) is 10.6. The molecule has 0 bridgehead atoms. The summed E-state index contributed by atoms with van der Waals surface area (Å²) in [4.78, 5) is 26.7. The maximum atomic E-state index is 12.5. The van der Waals surface area contributed by atoms with Crippen molar-refractivity contribution in [2.45, 2.75) is 45.6 Å². The number of hydrogen-bond donors (Lipinski definition) is 2. The van der Waals surface area contributed by atoms with Gasteiger partial charge in [0.05, 0.1) is 25.4 Å². The van der Waals surface area contributed by atoms with E-state index in [-0.39, 0.29) is 31.6 Å². The molecule has 0 saturated carbocycles. The van der Waals surface area contributed by atoms with Crippen LogP contribution < -0.4 is 14.8 Å². The van der Waals surface area contributed by atoms with Crippen molar-refractivity contribution in [2.24, 2.45) is 0 Å². The van der Waals surface area contributed by atoms with Crippen molar-refractivity contribution in [2.75, 3.05) is 46.1 Å². The molecule has 1 fully saturated rings. The number of ether oxygens (including phenoxy) is 3. The van der Waals surface area contributed by atoms with Gasteiger partial charge in [-0.05, 0) is 58.2 Å². The lowest BCUT2D eigenvalue weighted by Crippen LogP contribution is -2.41. The highest BCUT2D eigenvalue weighted by atomic mass is 16.5. The summed E-state index contributed by atoms with van der Waals surface area (Å²) in [5, 5.41) is 11.7. The van der Waals surface area contributed by atoms with Gasteiger partial charge in [0.25, 0.3) is 11.8 Å². The summed E-state index contributed by atoms with van der Waals surface area (Å²) < 4.78 is 16.8. The molecule has 8 heteroatoms. The lowest BCUT2D eigenvalue weighted by atomic mass is 10.1. The predicted octanol–water partition coefficient (Wildman–Crippen LogP) is 1.99. The Morgan fingerprint density at radius 1 is 1.13 bits per heavy atom. The molecule has 1 saturated heterocycles. The fourth-order valence-electron chi connectivity index (χ4n) is 3.18. The van der Waals surface area contributed by atoms with Crippen molar-refractivity contribution in [1.29, 1.82) is 0 Å². The minimum Gasteiger partial charge on any atom is -0.490 e. The zero-order chi connectivity index (χ0) is 22.0. The van der Waals surface area contributed by atoms with E-state index in [0.717, 1.165) is 32.4 Å². The summed E-state index contributed by atoms with van der Waals surface area (Å²) in [6, 6.07) is 4.90. The molecule has 1 aliphatic heterocycles. The number of aliphatic hydroxyl groups excluding tert-OH is 1. The van der Waals surface area contributed by atoms with Crippen LogP contribution in [0.5, 0.6) is 11.5 Å². The summed E-state index contributed by atoms with van der Waals surface area (Å²) in [7, 11) is 0. The molecule has 0 radical (unpaired) electrons. The largest absolute Gasteiger partial charge is 0.490 e. The van der Waals surface area contributed by atoms with Crippen LogP contribution in [0.2, 0.25) is 0 Å². The predicted molar refractivity (Wildman–Crippen MR) is 113 cm³/mol. The second-order valence-electron chi connectivity index (χ2n) is 7.84. The number of likely N-dealkylation sites (tertiary alicyclic amines) is 1. The van der Waals surface area contributed by atoms with Crippen molar-refractivity contribution in [3.8, 4) is 11.5 Å². The Labute approximate surface area is 178 Å². The number of benzene rings is 1. The number of carbonyl (C=O) groups is 2. The molecule has 8 nitrogen and oxygen atoms in total. The molecule has 2 rings (SSSR count). The van der Waals surface area contributed by atoms with E-state index in [1.807, 2.05) is 25.7 Å². The number of carbonyl (C=O) groups excluding carboxylic acids is 2. The average Bonchev–Trinajstić information content (AvgIpc) is 2.76. The Bertz CT molecular complexity index is 701.